The first-order chi connectivity index (χ1) is 9.76. The van der Waals surface area contributed by atoms with Crippen molar-refractivity contribution < 1.29 is 9.84 Å². The molecule has 0 radical (unpaired) electrons. The van der Waals surface area contributed by atoms with Gasteiger partial charge in [0.1, 0.15) is 5.75 Å². The Kier molecular flexibility index (Phi) is 5.53. The van der Waals surface area contributed by atoms with Gasteiger partial charge in [-0.05, 0) is 44.2 Å². The Morgan fingerprint density at radius 1 is 1.40 bits per heavy atom. The first-order valence-electron chi connectivity index (χ1n) is 7.66. The molecule has 112 valence electrons. The van der Waals surface area contributed by atoms with Crippen LogP contribution < -0.4 is 15.4 Å². The van der Waals surface area contributed by atoms with Gasteiger partial charge in [-0.25, -0.2) is 0 Å². The smallest absolute Gasteiger partial charge is 0.144 e. The van der Waals surface area contributed by atoms with Gasteiger partial charge in [-0.15, -0.1) is 0 Å². The molecule has 0 spiro atoms. The molecule has 1 aromatic carbocycles. The van der Waals surface area contributed by atoms with Crippen LogP contribution >= 0.6 is 0 Å². The molecule has 0 aliphatic carbocycles. The van der Waals surface area contributed by atoms with Crippen molar-refractivity contribution in [3.05, 3.63) is 18.2 Å². The van der Waals surface area contributed by atoms with E-state index >= 15 is 0 Å². The van der Waals surface area contributed by atoms with E-state index < -0.39 is 0 Å². The number of nitrogen functional groups attached to an aromatic ring is 1. The molecule has 3 N–H and O–H groups in total. The van der Waals surface area contributed by atoms with Crippen LogP contribution in [0.5, 0.6) is 5.75 Å². The number of anilines is 2. The number of aliphatic hydroxyl groups excluding tert-OH is 1. The molecule has 0 amide bonds. The highest BCUT2D eigenvalue weighted by Crippen LogP contribution is 2.32. The third-order valence-electron chi connectivity index (χ3n) is 3.88. The van der Waals surface area contributed by atoms with E-state index in [0.717, 1.165) is 37.2 Å². The number of rotatable bonds is 6. The maximum absolute atomic E-state index is 9.23. The molecule has 4 nitrogen and oxygen atoms in total. The molecule has 1 saturated heterocycles. The molecule has 0 aromatic heterocycles. The maximum atomic E-state index is 9.23. The summed E-state index contributed by atoms with van der Waals surface area (Å²) in [5.74, 6) is 0.776. The minimum absolute atomic E-state index is 0.245. The molecule has 1 unspecified atom stereocenters. The van der Waals surface area contributed by atoms with E-state index in [1.807, 2.05) is 12.1 Å². The lowest BCUT2D eigenvalue weighted by atomic mass is 9.98. The van der Waals surface area contributed by atoms with Crippen LogP contribution in [0.25, 0.3) is 0 Å². The predicted molar refractivity (Wildman–Crippen MR) is 83.3 cm³/mol. The second kappa shape index (κ2) is 7.39. The minimum Gasteiger partial charge on any atom is -0.491 e. The number of aliphatic hydroxyl groups is 1. The maximum Gasteiger partial charge on any atom is 0.144 e. The zero-order valence-electron chi connectivity index (χ0n) is 12.3. The van der Waals surface area contributed by atoms with Gasteiger partial charge >= 0.3 is 0 Å². The van der Waals surface area contributed by atoms with Crippen LogP contribution in [0.2, 0.25) is 0 Å². The monoisotopic (exact) mass is 278 g/mol. The van der Waals surface area contributed by atoms with Crippen molar-refractivity contribution >= 4 is 11.4 Å². The quantitative estimate of drug-likeness (QED) is 0.786. The second-order valence-electron chi connectivity index (χ2n) is 5.43. The molecule has 1 aliphatic heterocycles. The lowest BCUT2D eigenvalue weighted by molar-refractivity contribution is 0.262. The Hall–Kier alpha value is -1.42. The molecule has 0 saturated carbocycles. The van der Waals surface area contributed by atoms with Gasteiger partial charge in [0.2, 0.25) is 0 Å². The highest BCUT2D eigenvalue weighted by atomic mass is 16.5. The molecule has 2 rings (SSSR count). The zero-order valence-corrected chi connectivity index (χ0v) is 12.3. The van der Waals surface area contributed by atoms with Crippen LogP contribution in [0.3, 0.4) is 0 Å². The molecule has 20 heavy (non-hydrogen) atoms. The van der Waals surface area contributed by atoms with Gasteiger partial charge in [-0.3, -0.25) is 0 Å². The van der Waals surface area contributed by atoms with Gasteiger partial charge in [0.15, 0.2) is 0 Å². The van der Waals surface area contributed by atoms with E-state index in [2.05, 4.69) is 17.9 Å². The second-order valence-corrected chi connectivity index (χ2v) is 5.43. The fourth-order valence-corrected chi connectivity index (χ4v) is 2.83. The van der Waals surface area contributed by atoms with Crippen LogP contribution in [0.15, 0.2) is 18.2 Å². The number of hydrogen-bond acceptors (Lipinski definition) is 4. The normalized spacial score (nSPS) is 19.1. The summed E-state index contributed by atoms with van der Waals surface area (Å²) in [5.41, 5.74) is 7.82. The minimum atomic E-state index is 0.245. The molecule has 1 fully saturated rings. The van der Waals surface area contributed by atoms with Crippen molar-refractivity contribution in [3.63, 3.8) is 0 Å². The predicted octanol–water partition coefficient (Wildman–Crippen LogP) is 2.80. The molecule has 1 aromatic rings. The Morgan fingerprint density at radius 2 is 2.25 bits per heavy atom. The van der Waals surface area contributed by atoms with Crippen molar-refractivity contribution in [1.82, 2.24) is 0 Å². The third-order valence-corrected chi connectivity index (χ3v) is 3.88. The van der Waals surface area contributed by atoms with Crippen molar-refractivity contribution in [2.75, 3.05) is 30.4 Å². The van der Waals surface area contributed by atoms with Crippen LogP contribution in [0, 0.1) is 0 Å². The Bertz CT molecular complexity index is 421. The van der Waals surface area contributed by atoms with Gasteiger partial charge in [0, 0.05) is 30.9 Å². The van der Waals surface area contributed by atoms with Crippen LogP contribution in [0.4, 0.5) is 11.4 Å². The van der Waals surface area contributed by atoms with Crippen LogP contribution in [0.1, 0.15) is 39.0 Å². The molecular formula is C16H26N2O2. The molecule has 1 atom stereocenters. The summed E-state index contributed by atoms with van der Waals surface area (Å²) >= 11 is 0. The van der Waals surface area contributed by atoms with Gasteiger partial charge < -0.3 is 20.5 Å². The van der Waals surface area contributed by atoms with E-state index in [9.17, 15) is 5.11 Å². The summed E-state index contributed by atoms with van der Waals surface area (Å²) < 4.78 is 5.71. The molecular weight excluding hydrogens is 252 g/mol. The summed E-state index contributed by atoms with van der Waals surface area (Å²) in [7, 11) is 0. The largest absolute Gasteiger partial charge is 0.491 e. The summed E-state index contributed by atoms with van der Waals surface area (Å²) in [6, 6.07) is 6.45. The van der Waals surface area contributed by atoms with Crippen molar-refractivity contribution in [2.45, 2.75) is 45.1 Å². The number of benzene rings is 1. The first kappa shape index (κ1) is 15.0. The molecule has 4 heteroatoms. The summed E-state index contributed by atoms with van der Waals surface area (Å²) in [6.45, 7) is 4.06. The Labute approximate surface area is 121 Å². The van der Waals surface area contributed by atoms with Gasteiger partial charge in [0.25, 0.3) is 0 Å². The third kappa shape index (κ3) is 3.57. The fourth-order valence-electron chi connectivity index (χ4n) is 2.83. The number of ether oxygens (including phenoxy) is 1. The van der Waals surface area contributed by atoms with Gasteiger partial charge in [-0.1, -0.05) is 6.92 Å². The van der Waals surface area contributed by atoms with Crippen molar-refractivity contribution in [2.24, 2.45) is 0 Å². The molecule has 0 bridgehead atoms. The zero-order chi connectivity index (χ0) is 14.4. The summed E-state index contributed by atoms with van der Waals surface area (Å²) in [4.78, 5) is 2.39. The standard InChI is InChI=1S/C16H26N2O2/c1-2-11-20-16-12-14(6-7-15(16)17)18-9-4-3-5-13(18)8-10-19/h6-7,12-13,19H,2-5,8-11,17H2,1H3. The topological polar surface area (TPSA) is 58.7 Å². The number of piperidine rings is 1. The lowest BCUT2D eigenvalue weighted by Gasteiger charge is -2.37. The SMILES string of the molecule is CCCOc1cc(N2CCCCC2CCO)ccc1N. The van der Waals surface area contributed by atoms with Crippen LogP contribution in [-0.2, 0) is 0 Å². The Morgan fingerprint density at radius 3 is 3.00 bits per heavy atom. The van der Waals surface area contributed by atoms with E-state index in [0.29, 0.717) is 18.3 Å². The lowest BCUT2D eigenvalue weighted by Crippen LogP contribution is -2.40. The number of nitrogens with two attached hydrogens (primary N) is 1. The van der Waals surface area contributed by atoms with E-state index in [1.165, 1.54) is 12.8 Å². The highest BCUT2D eigenvalue weighted by Gasteiger charge is 2.22. The van der Waals surface area contributed by atoms with Gasteiger partial charge in [-0.2, -0.15) is 0 Å². The van der Waals surface area contributed by atoms with Crippen molar-refractivity contribution in [3.8, 4) is 5.75 Å². The number of hydrogen-bond donors (Lipinski definition) is 2. The highest BCUT2D eigenvalue weighted by molar-refractivity contribution is 5.62. The average Bonchev–Trinajstić information content (AvgIpc) is 2.47. The van der Waals surface area contributed by atoms with Gasteiger partial charge in [0.05, 0.1) is 12.3 Å². The Balaban J connectivity index is 2.17. The van der Waals surface area contributed by atoms with Crippen LogP contribution in [-0.4, -0.2) is 30.9 Å². The first-order valence-corrected chi connectivity index (χ1v) is 7.66. The van der Waals surface area contributed by atoms with Crippen molar-refractivity contribution in [1.29, 1.82) is 0 Å². The fraction of sp³-hybridized carbons (Fsp3) is 0.625. The van der Waals surface area contributed by atoms with E-state index in [-0.39, 0.29) is 6.61 Å². The molecule has 1 aliphatic rings. The van der Waals surface area contributed by atoms with E-state index in [1.54, 1.807) is 0 Å². The summed E-state index contributed by atoms with van der Waals surface area (Å²) in [5, 5.41) is 9.23. The summed E-state index contributed by atoms with van der Waals surface area (Å²) in [6.07, 6.45) is 5.40. The van der Waals surface area contributed by atoms with E-state index in [4.69, 9.17) is 10.5 Å². The number of nitrogens with zero attached hydrogens (tertiary/aromatic N) is 1. The molecule has 1 heterocycles. The average molecular weight is 278 g/mol.